The standard InChI is InChI=1S/C15H21NO5S/c1-10-4-5-13(21-3)14(7-10)22(19,20)16-8-11(2)6-12(9-16)15(17)18/h4-5,7,11-12H,6,8-9H2,1-3H3,(H,17,18). The molecule has 1 heterocycles. The number of hydrogen-bond donors (Lipinski definition) is 1. The van der Waals surface area contributed by atoms with Crippen LogP contribution < -0.4 is 4.74 Å². The number of carboxylic acids is 1. The van der Waals surface area contributed by atoms with E-state index in [0.717, 1.165) is 5.56 Å². The van der Waals surface area contributed by atoms with Gasteiger partial charge in [0.25, 0.3) is 0 Å². The third-order valence-corrected chi connectivity index (χ3v) is 5.77. The number of aliphatic carboxylic acids is 1. The summed E-state index contributed by atoms with van der Waals surface area (Å²) in [4.78, 5) is 11.3. The lowest BCUT2D eigenvalue weighted by atomic mass is 9.92. The highest BCUT2D eigenvalue weighted by molar-refractivity contribution is 7.89. The Morgan fingerprint density at radius 2 is 2.05 bits per heavy atom. The first-order valence-corrected chi connectivity index (χ1v) is 8.57. The van der Waals surface area contributed by atoms with Gasteiger partial charge in [-0.2, -0.15) is 4.31 Å². The van der Waals surface area contributed by atoms with Crippen molar-refractivity contribution in [2.24, 2.45) is 11.8 Å². The van der Waals surface area contributed by atoms with E-state index in [0.29, 0.717) is 13.0 Å². The normalized spacial score (nSPS) is 23.2. The molecule has 22 heavy (non-hydrogen) atoms. The first kappa shape index (κ1) is 16.8. The van der Waals surface area contributed by atoms with E-state index in [1.165, 1.54) is 11.4 Å². The van der Waals surface area contributed by atoms with Crippen molar-refractivity contribution >= 4 is 16.0 Å². The third-order valence-electron chi connectivity index (χ3n) is 3.91. The summed E-state index contributed by atoms with van der Waals surface area (Å²) < 4.78 is 32.2. The van der Waals surface area contributed by atoms with Crippen LogP contribution in [-0.4, -0.2) is 44.0 Å². The lowest BCUT2D eigenvalue weighted by molar-refractivity contribution is -0.143. The van der Waals surface area contributed by atoms with Crippen LogP contribution in [0.15, 0.2) is 23.1 Å². The number of hydrogen-bond acceptors (Lipinski definition) is 4. The minimum absolute atomic E-state index is 0.000397. The molecule has 1 N–H and O–H groups in total. The molecule has 0 aliphatic carbocycles. The minimum Gasteiger partial charge on any atom is -0.495 e. The summed E-state index contributed by atoms with van der Waals surface area (Å²) in [6.07, 6.45) is 0.492. The highest BCUT2D eigenvalue weighted by atomic mass is 32.2. The molecular weight excluding hydrogens is 306 g/mol. The SMILES string of the molecule is COc1ccc(C)cc1S(=O)(=O)N1CC(C)CC(C(=O)O)C1. The molecule has 6 nitrogen and oxygen atoms in total. The summed E-state index contributed by atoms with van der Waals surface area (Å²) in [7, 11) is -2.36. The van der Waals surface area contributed by atoms with Crippen molar-refractivity contribution in [2.75, 3.05) is 20.2 Å². The van der Waals surface area contributed by atoms with E-state index < -0.39 is 21.9 Å². The third kappa shape index (κ3) is 3.25. The van der Waals surface area contributed by atoms with Crippen molar-refractivity contribution in [3.63, 3.8) is 0 Å². The van der Waals surface area contributed by atoms with Crippen LogP contribution in [0.4, 0.5) is 0 Å². The molecule has 2 unspecified atom stereocenters. The average Bonchev–Trinajstić information content (AvgIpc) is 2.46. The first-order chi connectivity index (χ1) is 10.3. The first-order valence-electron chi connectivity index (χ1n) is 7.13. The summed E-state index contributed by atoms with van der Waals surface area (Å²) in [5, 5.41) is 9.21. The largest absolute Gasteiger partial charge is 0.495 e. The smallest absolute Gasteiger partial charge is 0.307 e. The van der Waals surface area contributed by atoms with Crippen molar-refractivity contribution in [3.8, 4) is 5.75 Å². The van der Waals surface area contributed by atoms with Crippen LogP contribution in [0.5, 0.6) is 5.75 Å². The van der Waals surface area contributed by atoms with E-state index in [9.17, 15) is 18.3 Å². The average molecular weight is 327 g/mol. The van der Waals surface area contributed by atoms with Crippen molar-refractivity contribution in [2.45, 2.75) is 25.2 Å². The number of aryl methyl sites for hydroxylation is 1. The Bertz CT molecular complexity index is 671. The van der Waals surface area contributed by atoms with Crippen molar-refractivity contribution in [1.82, 2.24) is 4.31 Å². The van der Waals surface area contributed by atoms with Gasteiger partial charge in [0, 0.05) is 13.1 Å². The molecule has 1 aliphatic heterocycles. The Labute approximate surface area is 130 Å². The number of carboxylic acid groups (broad SMARTS) is 1. The van der Waals surface area contributed by atoms with Crippen LogP contribution in [0.2, 0.25) is 0 Å². The highest BCUT2D eigenvalue weighted by Crippen LogP contribution is 2.32. The number of carbonyl (C=O) groups is 1. The zero-order valence-electron chi connectivity index (χ0n) is 12.9. The molecule has 0 radical (unpaired) electrons. The van der Waals surface area contributed by atoms with Gasteiger partial charge in [0.05, 0.1) is 13.0 Å². The van der Waals surface area contributed by atoms with Gasteiger partial charge < -0.3 is 9.84 Å². The van der Waals surface area contributed by atoms with E-state index in [2.05, 4.69) is 0 Å². The number of piperidine rings is 1. The Kier molecular flexibility index (Phi) is 4.77. The van der Waals surface area contributed by atoms with Crippen LogP contribution in [0, 0.1) is 18.8 Å². The van der Waals surface area contributed by atoms with Crippen LogP contribution in [0.25, 0.3) is 0 Å². The maximum absolute atomic E-state index is 12.9. The minimum atomic E-state index is -3.78. The van der Waals surface area contributed by atoms with E-state index in [4.69, 9.17) is 4.74 Å². The van der Waals surface area contributed by atoms with Gasteiger partial charge >= 0.3 is 5.97 Å². The number of sulfonamides is 1. The number of ether oxygens (including phenoxy) is 1. The number of benzene rings is 1. The second-order valence-electron chi connectivity index (χ2n) is 5.85. The Morgan fingerprint density at radius 1 is 1.36 bits per heavy atom. The molecule has 0 bridgehead atoms. The van der Waals surface area contributed by atoms with Gasteiger partial charge in [0.1, 0.15) is 10.6 Å². The van der Waals surface area contributed by atoms with Crippen molar-refractivity contribution < 1.29 is 23.1 Å². The second-order valence-corrected chi connectivity index (χ2v) is 7.76. The van der Waals surface area contributed by atoms with Crippen LogP contribution in [-0.2, 0) is 14.8 Å². The molecule has 0 spiro atoms. The summed E-state index contributed by atoms with van der Waals surface area (Å²) >= 11 is 0. The lowest BCUT2D eigenvalue weighted by Crippen LogP contribution is -2.45. The van der Waals surface area contributed by atoms with Gasteiger partial charge in [-0.15, -0.1) is 0 Å². The highest BCUT2D eigenvalue weighted by Gasteiger charge is 2.37. The number of methoxy groups -OCH3 is 1. The zero-order valence-corrected chi connectivity index (χ0v) is 13.8. The zero-order chi connectivity index (χ0) is 16.5. The molecule has 0 aromatic heterocycles. The maximum atomic E-state index is 12.9. The Balaban J connectivity index is 2.41. The monoisotopic (exact) mass is 327 g/mol. The van der Waals surface area contributed by atoms with Crippen LogP contribution >= 0.6 is 0 Å². The van der Waals surface area contributed by atoms with Gasteiger partial charge in [-0.3, -0.25) is 4.79 Å². The molecule has 1 aliphatic rings. The van der Waals surface area contributed by atoms with Gasteiger partial charge in [0.2, 0.25) is 10.0 Å². The summed E-state index contributed by atoms with van der Waals surface area (Å²) in [5.74, 6) is -1.35. The lowest BCUT2D eigenvalue weighted by Gasteiger charge is -2.34. The molecule has 7 heteroatoms. The molecule has 0 amide bonds. The quantitative estimate of drug-likeness (QED) is 0.910. The fourth-order valence-electron chi connectivity index (χ4n) is 2.80. The molecule has 2 atom stereocenters. The molecule has 2 rings (SSSR count). The number of rotatable bonds is 4. The molecular formula is C15H21NO5S. The summed E-state index contributed by atoms with van der Waals surface area (Å²) in [6.45, 7) is 3.99. The van der Waals surface area contributed by atoms with Gasteiger partial charge in [-0.1, -0.05) is 13.0 Å². The summed E-state index contributed by atoms with van der Waals surface area (Å²) in [6, 6.07) is 4.95. The summed E-state index contributed by atoms with van der Waals surface area (Å²) in [5.41, 5.74) is 0.805. The van der Waals surface area contributed by atoms with Crippen molar-refractivity contribution in [1.29, 1.82) is 0 Å². The van der Waals surface area contributed by atoms with Crippen LogP contribution in [0.1, 0.15) is 18.9 Å². The maximum Gasteiger partial charge on any atom is 0.307 e. The molecule has 1 fully saturated rings. The van der Waals surface area contributed by atoms with Gasteiger partial charge in [-0.05, 0) is 37.0 Å². The van der Waals surface area contributed by atoms with E-state index >= 15 is 0 Å². The fraction of sp³-hybridized carbons (Fsp3) is 0.533. The van der Waals surface area contributed by atoms with E-state index in [1.807, 2.05) is 6.92 Å². The van der Waals surface area contributed by atoms with E-state index in [1.54, 1.807) is 25.1 Å². The van der Waals surface area contributed by atoms with Gasteiger partial charge in [-0.25, -0.2) is 8.42 Å². The molecule has 0 saturated carbocycles. The predicted octanol–water partition coefficient (Wildman–Crippen LogP) is 1.73. The van der Waals surface area contributed by atoms with E-state index in [-0.39, 0.29) is 23.1 Å². The second kappa shape index (κ2) is 6.26. The Morgan fingerprint density at radius 3 is 2.64 bits per heavy atom. The van der Waals surface area contributed by atoms with Crippen LogP contribution in [0.3, 0.4) is 0 Å². The number of nitrogens with zero attached hydrogens (tertiary/aromatic N) is 1. The molecule has 122 valence electrons. The van der Waals surface area contributed by atoms with Crippen molar-refractivity contribution in [3.05, 3.63) is 23.8 Å². The van der Waals surface area contributed by atoms with Gasteiger partial charge in [0.15, 0.2) is 0 Å². The predicted molar refractivity (Wildman–Crippen MR) is 81.4 cm³/mol. The topological polar surface area (TPSA) is 83.9 Å². The fourth-order valence-corrected chi connectivity index (χ4v) is 4.65. The molecule has 1 saturated heterocycles. The molecule has 1 aromatic carbocycles. The molecule has 1 aromatic rings. The Hall–Kier alpha value is -1.60.